The zero-order valence-electron chi connectivity index (χ0n) is 17.2. The van der Waals surface area contributed by atoms with E-state index in [1.165, 1.54) is 5.56 Å². The lowest BCUT2D eigenvalue weighted by Crippen LogP contribution is -2.43. The number of benzene rings is 1. The van der Waals surface area contributed by atoms with Crippen molar-refractivity contribution in [3.05, 3.63) is 35.9 Å². The fourth-order valence-corrected chi connectivity index (χ4v) is 3.82. The third kappa shape index (κ3) is 8.58. The van der Waals surface area contributed by atoms with E-state index in [9.17, 15) is 13.2 Å². The predicted octanol–water partition coefficient (Wildman–Crippen LogP) is 2.77. The third-order valence-corrected chi connectivity index (χ3v) is 5.08. The van der Waals surface area contributed by atoms with E-state index >= 15 is 0 Å². The minimum atomic E-state index is -3.42. The van der Waals surface area contributed by atoms with Gasteiger partial charge in [-0.15, -0.1) is 0 Å². The van der Waals surface area contributed by atoms with Crippen molar-refractivity contribution in [2.45, 2.75) is 51.8 Å². The van der Waals surface area contributed by atoms with Gasteiger partial charge in [-0.1, -0.05) is 30.3 Å². The minimum absolute atomic E-state index is 0.0446. The highest BCUT2D eigenvalue weighted by Crippen LogP contribution is 2.24. The van der Waals surface area contributed by atoms with Gasteiger partial charge in [0.25, 0.3) is 10.1 Å². The van der Waals surface area contributed by atoms with Crippen LogP contribution in [0.25, 0.3) is 0 Å². The molecule has 1 aliphatic heterocycles. The Bertz CT molecular complexity index is 731. The summed E-state index contributed by atoms with van der Waals surface area (Å²) in [6.45, 7) is 8.03. The summed E-state index contributed by atoms with van der Waals surface area (Å²) in [5.41, 5.74) is 0.671. The number of ether oxygens (including phenoxy) is 1. The summed E-state index contributed by atoms with van der Waals surface area (Å²) in [5, 5.41) is 3.00. The first-order valence-electron chi connectivity index (χ1n) is 9.62. The largest absolute Gasteiger partial charge is 0.444 e. The Balaban J connectivity index is 1.94. The number of rotatable bonds is 8. The fraction of sp³-hybridized carbons (Fsp3) is 0.650. The molecular formula is C20H32N2O5S. The molecule has 1 fully saturated rings. The van der Waals surface area contributed by atoms with E-state index in [-0.39, 0.29) is 18.6 Å². The SMILES string of the molecule is CC(C)(C)OC(=O)N[C@@H]1CN(Cc2ccccc2)C[C@H]1CCCOS(C)(=O)=O. The summed E-state index contributed by atoms with van der Waals surface area (Å²) in [4.78, 5) is 14.5. The fourth-order valence-electron chi connectivity index (χ4n) is 3.40. The molecular weight excluding hydrogens is 380 g/mol. The highest BCUT2D eigenvalue weighted by atomic mass is 32.2. The van der Waals surface area contributed by atoms with Crippen molar-refractivity contribution in [1.82, 2.24) is 10.2 Å². The summed E-state index contributed by atoms with van der Waals surface area (Å²) in [7, 11) is -3.42. The average Bonchev–Trinajstić information content (AvgIpc) is 2.91. The van der Waals surface area contributed by atoms with Crippen molar-refractivity contribution in [2.75, 3.05) is 26.0 Å². The van der Waals surface area contributed by atoms with Crippen LogP contribution in [0.15, 0.2) is 30.3 Å². The molecule has 158 valence electrons. The highest BCUT2D eigenvalue weighted by molar-refractivity contribution is 7.85. The molecule has 0 saturated carbocycles. The van der Waals surface area contributed by atoms with Crippen molar-refractivity contribution in [1.29, 1.82) is 0 Å². The van der Waals surface area contributed by atoms with E-state index in [0.29, 0.717) is 6.42 Å². The first kappa shape index (κ1) is 22.6. The molecule has 0 spiro atoms. The second kappa shape index (κ2) is 9.71. The smallest absolute Gasteiger partial charge is 0.407 e. The van der Waals surface area contributed by atoms with E-state index in [4.69, 9.17) is 8.92 Å². The summed E-state index contributed by atoms with van der Waals surface area (Å²) in [5.74, 6) is 0.208. The number of carbonyl (C=O) groups is 1. The van der Waals surface area contributed by atoms with Gasteiger partial charge in [-0.05, 0) is 45.1 Å². The van der Waals surface area contributed by atoms with Crippen molar-refractivity contribution >= 4 is 16.2 Å². The topological polar surface area (TPSA) is 84.9 Å². The van der Waals surface area contributed by atoms with Crippen LogP contribution in [-0.4, -0.2) is 57.0 Å². The van der Waals surface area contributed by atoms with Crippen LogP contribution in [0.1, 0.15) is 39.2 Å². The normalized spacial score (nSPS) is 20.9. The zero-order valence-corrected chi connectivity index (χ0v) is 18.0. The van der Waals surface area contributed by atoms with Gasteiger partial charge in [0.05, 0.1) is 12.9 Å². The molecule has 0 radical (unpaired) electrons. The predicted molar refractivity (Wildman–Crippen MR) is 108 cm³/mol. The molecule has 28 heavy (non-hydrogen) atoms. The Morgan fingerprint density at radius 1 is 1.21 bits per heavy atom. The Hall–Kier alpha value is -1.64. The van der Waals surface area contributed by atoms with Gasteiger partial charge in [-0.2, -0.15) is 8.42 Å². The molecule has 2 rings (SSSR count). The van der Waals surface area contributed by atoms with Gasteiger partial charge in [0.15, 0.2) is 0 Å². The van der Waals surface area contributed by atoms with Crippen LogP contribution in [0.4, 0.5) is 4.79 Å². The first-order chi connectivity index (χ1) is 13.0. The van der Waals surface area contributed by atoms with Crippen molar-refractivity contribution in [3.63, 3.8) is 0 Å². The summed E-state index contributed by atoms with van der Waals surface area (Å²) < 4.78 is 32.5. The second-order valence-electron chi connectivity index (χ2n) is 8.36. The monoisotopic (exact) mass is 412 g/mol. The number of nitrogens with zero attached hydrogens (tertiary/aromatic N) is 1. The lowest BCUT2D eigenvalue weighted by Gasteiger charge is -2.24. The molecule has 1 amide bonds. The van der Waals surface area contributed by atoms with Crippen LogP contribution in [0, 0.1) is 5.92 Å². The highest BCUT2D eigenvalue weighted by Gasteiger charge is 2.34. The van der Waals surface area contributed by atoms with Gasteiger partial charge >= 0.3 is 6.09 Å². The summed E-state index contributed by atoms with van der Waals surface area (Å²) in [6.07, 6.45) is 2.01. The molecule has 1 aliphatic rings. The van der Waals surface area contributed by atoms with Gasteiger partial charge in [0.2, 0.25) is 0 Å². The van der Waals surface area contributed by atoms with E-state index in [2.05, 4.69) is 22.3 Å². The average molecular weight is 413 g/mol. The molecule has 1 N–H and O–H groups in total. The van der Waals surface area contributed by atoms with Crippen LogP contribution in [-0.2, 0) is 25.6 Å². The van der Waals surface area contributed by atoms with Crippen LogP contribution in [0.5, 0.6) is 0 Å². The van der Waals surface area contributed by atoms with Gasteiger partial charge in [0.1, 0.15) is 5.60 Å². The standard InChI is InChI=1S/C20H32N2O5S/c1-20(2,3)27-19(23)21-18-15-22(13-16-9-6-5-7-10-16)14-17(18)11-8-12-26-28(4,24)25/h5-7,9-10,17-18H,8,11-15H2,1-4H3,(H,21,23)/t17-,18-/m1/s1. The number of hydrogen-bond acceptors (Lipinski definition) is 6. The molecule has 0 aliphatic carbocycles. The van der Waals surface area contributed by atoms with Crippen molar-refractivity contribution in [2.24, 2.45) is 5.92 Å². The molecule has 8 heteroatoms. The number of carbonyl (C=O) groups excluding carboxylic acids is 1. The minimum Gasteiger partial charge on any atom is -0.444 e. The maximum atomic E-state index is 12.2. The molecule has 1 saturated heterocycles. The number of nitrogens with one attached hydrogen (secondary N) is 1. The van der Waals surface area contributed by atoms with E-state index < -0.39 is 21.8 Å². The van der Waals surface area contributed by atoms with Crippen molar-refractivity contribution in [3.8, 4) is 0 Å². The van der Waals surface area contributed by atoms with Gasteiger partial charge in [-0.25, -0.2) is 4.79 Å². The Kier molecular flexibility index (Phi) is 7.86. The maximum absolute atomic E-state index is 12.2. The van der Waals surface area contributed by atoms with E-state index in [0.717, 1.165) is 32.3 Å². The number of hydrogen-bond donors (Lipinski definition) is 1. The molecule has 1 heterocycles. The third-order valence-electron chi connectivity index (χ3n) is 4.48. The second-order valence-corrected chi connectivity index (χ2v) is 10.0. The lowest BCUT2D eigenvalue weighted by atomic mass is 9.98. The van der Waals surface area contributed by atoms with Gasteiger partial charge in [-0.3, -0.25) is 9.08 Å². The lowest BCUT2D eigenvalue weighted by molar-refractivity contribution is 0.0494. The molecule has 1 aromatic carbocycles. The summed E-state index contributed by atoms with van der Waals surface area (Å²) >= 11 is 0. The maximum Gasteiger partial charge on any atom is 0.407 e. The molecule has 0 unspecified atom stereocenters. The van der Waals surface area contributed by atoms with Crippen LogP contribution in [0.3, 0.4) is 0 Å². The van der Waals surface area contributed by atoms with E-state index in [1.807, 2.05) is 39.0 Å². The van der Waals surface area contributed by atoms with Crippen LogP contribution in [0.2, 0.25) is 0 Å². The first-order valence-corrected chi connectivity index (χ1v) is 11.4. The van der Waals surface area contributed by atoms with Crippen LogP contribution >= 0.6 is 0 Å². The molecule has 2 atom stereocenters. The van der Waals surface area contributed by atoms with Gasteiger partial charge in [0, 0.05) is 25.7 Å². The molecule has 0 aromatic heterocycles. The van der Waals surface area contributed by atoms with E-state index in [1.54, 1.807) is 0 Å². The Morgan fingerprint density at radius 2 is 1.89 bits per heavy atom. The van der Waals surface area contributed by atoms with Crippen LogP contribution < -0.4 is 5.32 Å². The zero-order chi connectivity index (χ0) is 20.8. The Morgan fingerprint density at radius 3 is 2.50 bits per heavy atom. The van der Waals surface area contributed by atoms with Gasteiger partial charge < -0.3 is 10.1 Å². The quantitative estimate of drug-likeness (QED) is 0.522. The summed E-state index contributed by atoms with van der Waals surface area (Å²) in [6, 6.07) is 10.2. The Labute approximate surface area is 168 Å². The number of amides is 1. The molecule has 0 bridgehead atoms. The number of likely N-dealkylation sites (tertiary alicyclic amines) is 1. The molecule has 7 nitrogen and oxygen atoms in total. The van der Waals surface area contributed by atoms with Crippen molar-refractivity contribution < 1.29 is 22.1 Å². The molecule has 1 aromatic rings. The number of alkyl carbamates (subject to hydrolysis) is 1.